The number of aryl methyl sites for hydroxylation is 3. The number of para-hydroxylation sites is 1. The van der Waals surface area contributed by atoms with Gasteiger partial charge in [-0.1, -0.05) is 24.8 Å². The number of anilines is 2. The van der Waals surface area contributed by atoms with Crippen LogP contribution in [0.5, 0.6) is 0 Å². The summed E-state index contributed by atoms with van der Waals surface area (Å²) in [6.45, 7) is 8.80. The van der Waals surface area contributed by atoms with Gasteiger partial charge in [-0.15, -0.1) is 0 Å². The molecule has 8 nitrogen and oxygen atoms in total. The number of benzene rings is 2. The Morgan fingerprint density at radius 3 is 2.54 bits per heavy atom. The summed E-state index contributed by atoms with van der Waals surface area (Å²) in [4.78, 5) is 31.9. The highest BCUT2D eigenvalue weighted by atomic mass is 16.2. The minimum absolute atomic E-state index is 0.0705. The first-order chi connectivity index (χ1) is 16.8. The van der Waals surface area contributed by atoms with Gasteiger partial charge < -0.3 is 20.5 Å². The average Bonchev–Trinajstić information content (AvgIpc) is 3.38. The first kappa shape index (κ1) is 22.5. The van der Waals surface area contributed by atoms with Crippen LogP contribution in [0.25, 0.3) is 22.2 Å². The Hall–Kier alpha value is -4.33. The van der Waals surface area contributed by atoms with Crippen LogP contribution in [0.15, 0.2) is 61.3 Å². The average molecular weight is 469 g/mol. The second-order valence-electron chi connectivity index (χ2n) is 9.03. The SMILES string of the molecule is C=CC(=O)N1CC(N(c2ccccc2C)c2ccc(C(N)=O)c3[nH]c(-c4cn(C)nc4C)cc23)C1. The molecule has 0 spiro atoms. The highest BCUT2D eigenvalue weighted by molar-refractivity contribution is 6.10. The number of nitrogens with one attached hydrogen (secondary N) is 1. The van der Waals surface area contributed by atoms with Crippen LogP contribution in [0.4, 0.5) is 11.4 Å². The van der Waals surface area contributed by atoms with E-state index in [9.17, 15) is 9.59 Å². The van der Waals surface area contributed by atoms with Gasteiger partial charge >= 0.3 is 0 Å². The molecular formula is C27H28N6O2. The molecule has 0 saturated carbocycles. The molecule has 8 heteroatoms. The van der Waals surface area contributed by atoms with E-state index in [1.807, 2.05) is 38.4 Å². The third-order valence-electron chi connectivity index (χ3n) is 6.69. The Morgan fingerprint density at radius 2 is 1.91 bits per heavy atom. The van der Waals surface area contributed by atoms with Gasteiger partial charge in [0.1, 0.15) is 0 Å². The van der Waals surface area contributed by atoms with Gasteiger partial charge in [0, 0.05) is 48.7 Å². The Labute approximate surface area is 203 Å². The molecule has 4 aromatic rings. The number of hydrogen-bond acceptors (Lipinski definition) is 4. The lowest BCUT2D eigenvalue weighted by Crippen LogP contribution is -2.59. The van der Waals surface area contributed by atoms with Crippen molar-refractivity contribution in [3.8, 4) is 11.3 Å². The molecule has 0 radical (unpaired) electrons. The van der Waals surface area contributed by atoms with E-state index in [1.165, 1.54) is 6.08 Å². The van der Waals surface area contributed by atoms with Crippen molar-refractivity contribution in [2.75, 3.05) is 18.0 Å². The number of aromatic nitrogens is 3. The number of amides is 2. The van der Waals surface area contributed by atoms with Crippen molar-refractivity contribution in [1.29, 1.82) is 0 Å². The number of nitrogens with zero attached hydrogens (tertiary/aromatic N) is 4. The van der Waals surface area contributed by atoms with Crippen LogP contribution in [0.2, 0.25) is 0 Å². The molecule has 3 heterocycles. The van der Waals surface area contributed by atoms with Gasteiger partial charge in [0.25, 0.3) is 5.91 Å². The minimum Gasteiger partial charge on any atom is -0.366 e. The zero-order chi connectivity index (χ0) is 24.9. The Kier molecular flexibility index (Phi) is 5.43. The summed E-state index contributed by atoms with van der Waals surface area (Å²) in [5, 5.41) is 5.35. The topological polar surface area (TPSA) is 100 Å². The molecule has 2 aromatic heterocycles. The number of fused-ring (bicyclic) bond motifs is 1. The summed E-state index contributed by atoms with van der Waals surface area (Å²) < 4.78 is 1.77. The van der Waals surface area contributed by atoms with Gasteiger partial charge in [-0.25, -0.2) is 0 Å². The Bertz CT molecular complexity index is 1470. The quantitative estimate of drug-likeness (QED) is 0.420. The van der Waals surface area contributed by atoms with Crippen molar-refractivity contribution < 1.29 is 9.59 Å². The van der Waals surface area contributed by atoms with E-state index in [0.29, 0.717) is 24.2 Å². The molecule has 1 fully saturated rings. The van der Waals surface area contributed by atoms with Crippen LogP contribution in [-0.2, 0) is 11.8 Å². The molecular weight excluding hydrogens is 440 g/mol. The smallest absolute Gasteiger partial charge is 0.250 e. The molecule has 0 atom stereocenters. The number of nitrogens with two attached hydrogens (primary N) is 1. The highest BCUT2D eigenvalue weighted by Gasteiger charge is 2.36. The summed E-state index contributed by atoms with van der Waals surface area (Å²) in [6.07, 6.45) is 3.30. The van der Waals surface area contributed by atoms with E-state index in [2.05, 4.69) is 46.7 Å². The second kappa shape index (κ2) is 8.47. The van der Waals surface area contributed by atoms with Gasteiger partial charge in [-0.05, 0) is 49.8 Å². The van der Waals surface area contributed by atoms with Crippen LogP contribution in [-0.4, -0.2) is 50.6 Å². The van der Waals surface area contributed by atoms with Crippen LogP contribution >= 0.6 is 0 Å². The van der Waals surface area contributed by atoms with Crippen molar-refractivity contribution in [3.05, 3.63) is 78.1 Å². The fraction of sp³-hybridized carbons (Fsp3) is 0.222. The van der Waals surface area contributed by atoms with Gasteiger partial charge in [-0.3, -0.25) is 14.3 Å². The van der Waals surface area contributed by atoms with Crippen molar-refractivity contribution in [2.24, 2.45) is 12.8 Å². The van der Waals surface area contributed by atoms with E-state index in [-0.39, 0.29) is 11.9 Å². The van der Waals surface area contributed by atoms with Crippen LogP contribution < -0.4 is 10.6 Å². The Morgan fingerprint density at radius 1 is 1.17 bits per heavy atom. The molecule has 1 saturated heterocycles. The number of likely N-dealkylation sites (tertiary alicyclic amines) is 1. The maximum atomic E-state index is 12.3. The van der Waals surface area contributed by atoms with E-state index < -0.39 is 5.91 Å². The molecule has 0 aliphatic carbocycles. The molecule has 1 aliphatic rings. The van der Waals surface area contributed by atoms with E-state index in [1.54, 1.807) is 15.6 Å². The van der Waals surface area contributed by atoms with Gasteiger partial charge in [0.15, 0.2) is 0 Å². The summed E-state index contributed by atoms with van der Waals surface area (Å²) in [7, 11) is 1.88. The van der Waals surface area contributed by atoms with Crippen LogP contribution in [0.1, 0.15) is 21.6 Å². The molecule has 178 valence electrons. The van der Waals surface area contributed by atoms with Gasteiger partial charge in [0.2, 0.25) is 5.91 Å². The zero-order valence-electron chi connectivity index (χ0n) is 20.1. The monoisotopic (exact) mass is 468 g/mol. The molecule has 0 bridgehead atoms. The van der Waals surface area contributed by atoms with Crippen molar-refractivity contribution >= 4 is 34.1 Å². The molecule has 35 heavy (non-hydrogen) atoms. The number of rotatable bonds is 6. The first-order valence-electron chi connectivity index (χ1n) is 11.5. The molecule has 2 amide bonds. The minimum atomic E-state index is -0.494. The highest BCUT2D eigenvalue weighted by Crippen LogP contribution is 2.40. The molecule has 2 aromatic carbocycles. The zero-order valence-corrected chi connectivity index (χ0v) is 20.1. The summed E-state index contributed by atoms with van der Waals surface area (Å²) in [6, 6.07) is 14.0. The third-order valence-corrected chi connectivity index (χ3v) is 6.69. The number of H-pyrrole nitrogens is 1. The lowest BCUT2D eigenvalue weighted by molar-refractivity contribution is -0.130. The predicted molar refractivity (Wildman–Crippen MR) is 138 cm³/mol. The summed E-state index contributed by atoms with van der Waals surface area (Å²) >= 11 is 0. The Balaban J connectivity index is 1.70. The number of carbonyl (C=O) groups excluding carboxylic acids is 2. The lowest BCUT2D eigenvalue weighted by Gasteiger charge is -2.46. The third kappa shape index (κ3) is 3.77. The standard InChI is InChI=1S/C27H28N6O2/c1-5-25(34)32-13-18(14-32)33(23-9-7-6-8-16(23)2)24-11-10-19(27(28)35)26-20(24)12-22(29-26)21-15-31(4)30-17(21)3/h5-12,15,18,29H,1,13-14H2,2-4H3,(H2,28,35). The number of carbonyl (C=O) groups is 2. The fourth-order valence-corrected chi connectivity index (χ4v) is 4.91. The summed E-state index contributed by atoms with van der Waals surface area (Å²) in [5.41, 5.74) is 12.7. The van der Waals surface area contributed by atoms with Crippen molar-refractivity contribution in [2.45, 2.75) is 19.9 Å². The normalized spacial score (nSPS) is 13.6. The van der Waals surface area contributed by atoms with Gasteiger partial charge in [0.05, 0.1) is 28.5 Å². The van der Waals surface area contributed by atoms with E-state index >= 15 is 0 Å². The number of hydrogen-bond donors (Lipinski definition) is 2. The lowest BCUT2D eigenvalue weighted by atomic mass is 10.00. The maximum absolute atomic E-state index is 12.3. The van der Waals surface area contributed by atoms with E-state index in [0.717, 1.165) is 39.3 Å². The summed E-state index contributed by atoms with van der Waals surface area (Å²) in [5.74, 6) is -0.567. The molecule has 3 N–H and O–H groups in total. The fourth-order valence-electron chi connectivity index (χ4n) is 4.91. The largest absolute Gasteiger partial charge is 0.366 e. The van der Waals surface area contributed by atoms with Crippen LogP contribution in [0, 0.1) is 13.8 Å². The van der Waals surface area contributed by atoms with Crippen molar-refractivity contribution in [3.63, 3.8) is 0 Å². The molecule has 0 unspecified atom stereocenters. The predicted octanol–water partition coefficient (Wildman–Crippen LogP) is 3.82. The first-order valence-corrected chi connectivity index (χ1v) is 11.5. The molecule has 5 rings (SSSR count). The van der Waals surface area contributed by atoms with Gasteiger partial charge in [-0.2, -0.15) is 5.10 Å². The second-order valence-corrected chi connectivity index (χ2v) is 9.03. The van der Waals surface area contributed by atoms with Crippen molar-refractivity contribution in [1.82, 2.24) is 19.7 Å². The molecule has 1 aliphatic heterocycles. The van der Waals surface area contributed by atoms with E-state index in [4.69, 9.17) is 5.73 Å². The maximum Gasteiger partial charge on any atom is 0.250 e. The number of primary amides is 1. The number of aromatic amines is 1. The van der Waals surface area contributed by atoms with Crippen LogP contribution in [0.3, 0.4) is 0 Å².